The molecule has 2 rings (SSSR count). The molecular formula is C14H19FN2O2. The lowest BCUT2D eigenvalue weighted by Gasteiger charge is -2.35. The number of amides is 1. The minimum atomic E-state index is -0.569. The average molecular weight is 266 g/mol. The second kappa shape index (κ2) is 5.17. The number of halogens is 1. The molecule has 5 heteroatoms. The van der Waals surface area contributed by atoms with Crippen LogP contribution in [0.3, 0.4) is 0 Å². The van der Waals surface area contributed by atoms with Crippen LogP contribution in [0.25, 0.3) is 0 Å². The van der Waals surface area contributed by atoms with Crippen LogP contribution < -0.4 is 11.1 Å². The molecule has 0 aliphatic carbocycles. The molecule has 3 N–H and O–H groups in total. The third kappa shape index (κ3) is 3.23. The van der Waals surface area contributed by atoms with Crippen molar-refractivity contribution >= 4 is 11.6 Å². The van der Waals surface area contributed by atoms with E-state index in [1.807, 2.05) is 13.8 Å². The molecule has 0 aromatic heterocycles. The Bertz CT molecular complexity index is 488. The van der Waals surface area contributed by atoms with Gasteiger partial charge in [-0.05, 0) is 38.8 Å². The zero-order valence-corrected chi connectivity index (χ0v) is 11.2. The molecule has 104 valence electrons. The van der Waals surface area contributed by atoms with E-state index in [1.165, 1.54) is 18.2 Å². The molecule has 1 fully saturated rings. The Balaban J connectivity index is 2.07. The summed E-state index contributed by atoms with van der Waals surface area (Å²) in [4.78, 5) is 12.1. The first kappa shape index (κ1) is 13.8. The van der Waals surface area contributed by atoms with E-state index in [9.17, 15) is 9.18 Å². The molecule has 0 spiro atoms. The Hall–Kier alpha value is -1.62. The van der Waals surface area contributed by atoms with Crippen molar-refractivity contribution in [3.63, 3.8) is 0 Å². The summed E-state index contributed by atoms with van der Waals surface area (Å²) in [6, 6.07) is 4.27. The number of hydrogen-bond donors (Lipinski definition) is 2. The second-order valence-corrected chi connectivity index (χ2v) is 5.47. The molecule has 1 unspecified atom stereocenters. The van der Waals surface area contributed by atoms with Gasteiger partial charge in [0.2, 0.25) is 0 Å². The van der Waals surface area contributed by atoms with Crippen molar-refractivity contribution in [1.82, 2.24) is 5.32 Å². The van der Waals surface area contributed by atoms with E-state index in [2.05, 4.69) is 5.32 Å². The van der Waals surface area contributed by atoms with Crippen molar-refractivity contribution in [3.05, 3.63) is 29.6 Å². The number of nitrogens with one attached hydrogen (secondary N) is 1. The largest absolute Gasteiger partial charge is 0.396 e. The lowest BCUT2D eigenvalue weighted by Crippen LogP contribution is -2.45. The predicted molar refractivity (Wildman–Crippen MR) is 71.3 cm³/mol. The van der Waals surface area contributed by atoms with E-state index in [0.29, 0.717) is 6.61 Å². The fourth-order valence-corrected chi connectivity index (χ4v) is 2.35. The highest BCUT2D eigenvalue weighted by atomic mass is 19.1. The number of nitrogens with two attached hydrogens (primary N) is 1. The van der Waals surface area contributed by atoms with Gasteiger partial charge in [-0.25, -0.2) is 4.39 Å². The summed E-state index contributed by atoms with van der Waals surface area (Å²) in [7, 11) is 0. The number of anilines is 1. The Labute approximate surface area is 112 Å². The zero-order chi connectivity index (χ0) is 14.0. The normalized spacial score (nSPS) is 21.9. The van der Waals surface area contributed by atoms with E-state index < -0.39 is 5.82 Å². The highest BCUT2D eigenvalue weighted by Crippen LogP contribution is 2.24. The first-order chi connectivity index (χ1) is 8.89. The van der Waals surface area contributed by atoms with E-state index in [0.717, 1.165) is 12.8 Å². The molecule has 1 aliphatic rings. The molecule has 19 heavy (non-hydrogen) atoms. The summed E-state index contributed by atoms with van der Waals surface area (Å²) in [5, 5.41) is 2.89. The first-order valence-corrected chi connectivity index (χ1v) is 6.38. The molecule has 1 heterocycles. The van der Waals surface area contributed by atoms with Crippen molar-refractivity contribution in [2.75, 3.05) is 12.3 Å². The molecule has 1 aliphatic heterocycles. The van der Waals surface area contributed by atoms with E-state index in [4.69, 9.17) is 10.5 Å². The Morgan fingerprint density at radius 1 is 1.53 bits per heavy atom. The van der Waals surface area contributed by atoms with Gasteiger partial charge in [-0.2, -0.15) is 0 Å². The Kier molecular flexibility index (Phi) is 3.75. The van der Waals surface area contributed by atoms with Gasteiger partial charge in [-0.1, -0.05) is 6.07 Å². The van der Waals surface area contributed by atoms with Gasteiger partial charge in [0.05, 0.1) is 16.9 Å². The molecule has 0 bridgehead atoms. The number of benzene rings is 1. The summed E-state index contributed by atoms with van der Waals surface area (Å²) in [6.07, 6.45) is 1.48. The predicted octanol–water partition coefficient (Wildman–Crippen LogP) is 2.10. The number of para-hydroxylation sites is 1. The Morgan fingerprint density at radius 3 is 2.95 bits per heavy atom. The fourth-order valence-electron chi connectivity index (χ4n) is 2.35. The summed E-state index contributed by atoms with van der Waals surface area (Å²) in [6.45, 7) is 4.58. The number of carbonyl (C=O) groups is 1. The van der Waals surface area contributed by atoms with Crippen LogP contribution in [0.1, 0.15) is 37.0 Å². The standard InChI is InChI=1S/C14H19FN2O2/c1-14(2)8-9(6-7-19-14)17-13(18)10-4-3-5-11(15)12(10)16/h3-5,9H,6-8,16H2,1-2H3,(H,17,18). The Morgan fingerprint density at radius 2 is 2.26 bits per heavy atom. The maximum atomic E-state index is 13.3. The SMILES string of the molecule is CC1(C)CC(NC(=O)c2cccc(F)c2N)CCO1. The topological polar surface area (TPSA) is 64.4 Å². The number of rotatable bonds is 2. The second-order valence-electron chi connectivity index (χ2n) is 5.47. The number of ether oxygens (including phenoxy) is 1. The van der Waals surface area contributed by atoms with Crippen LogP contribution >= 0.6 is 0 Å². The van der Waals surface area contributed by atoms with Gasteiger partial charge in [0, 0.05) is 12.6 Å². The van der Waals surface area contributed by atoms with Gasteiger partial charge in [0.1, 0.15) is 5.82 Å². The van der Waals surface area contributed by atoms with Gasteiger partial charge in [-0.15, -0.1) is 0 Å². The third-order valence-electron chi connectivity index (χ3n) is 3.33. The van der Waals surface area contributed by atoms with Gasteiger partial charge in [0.15, 0.2) is 0 Å². The highest BCUT2D eigenvalue weighted by Gasteiger charge is 2.30. The van der Waals surface area contributed by atoms with Crippen molar-refractivity contribution in [2.24, 2.45) is 0 Å². The van der Waals surface area contributed by atoms with Crippen molar-refractivity contribution in [1.29, 1.82) is 0 Å². The van der Waals surface area contributed by atoms with Crippen LogP contribution in [0.2, 0.25) is 0 Å². The molecule has 0 radical (unpaired) electrons. The van der Waals surface area contributed by atoms with Crippen LogP contribution in [-0.2, 0) is 4.74 Å². The summed E-state index contributed by atoms with van der Waals surface area (Å²) >= 11 is 0. The van der Waals surface area contributed by atoms with Crippen LogP contribution in [0, 0.1) is 5.82 Å². The number of carbonyl (C=O) groups excluding carboxylic acids is 1. The van der Waals surface area contributed by atoms with Crippen molar-refractivity contribution < 1.29 is 13.9 Å². The monoisotopic (exact) mass is 266 g/mol. The lowest BCUT2D eigenvalue weighted by molar-refractivity contribution is -0.0615. The number of nitrogen functional groups attached to an aromatic ring is 1. The smallest absolute Gasteiger partial charge is 0.253 e. The maximum Gasteiger partial charge on any atom is 0.253 e. The molecule has 1 aromatic rings. The van der Waals surface area contributed by atoms with E-state index in [1.54, 1.807) is 0 Å². The van der Waals surface area contributed by atoms with Gasteiger partial charge in [0.25, 0.3) is 5.91 Å². The van der Waals surface area contributed by atoms with Crippen LogP contribution in [0.15, 0.2) is 18.2 Å². The quantitative estimate of drug-likeness (QED) is 0.806. The van der Waals surface area contributed by atoms with Gasteiger partial charge >= 0.3 is 0 Å². The molecule has 4 nitrogen and oxygen atoms in total. The molecule has 0 saturated carbocycles. The summed E-state index contributed by atoms with van der Waals surface area (Å²) in [5.74, 6) is -0.903. The van der Waals surface area contributed by atoms with Crippen LogP contribution in [0.4, 0.5) is 10.1 Å². The molecule has 1 atom stereocenters. The van der Waals surface area contributed by atoms with Crippen molar-refractivity contribution in [3.8, 4) is 0 Å². The van der Waals surface area contributed by atoms with E-state index >= 15 is 0 Å². The molecular weight excluding hydrogens is 247 g/mol. The molecule has 1 aromatic carbocycles. The minimum absolute atomic E-state index is 0.0268. The molecule has 1 amide bonds. The summed E-state index contributed by atoms with van der Waals surface area (Å²) in [5.41, 5.74) is 5.41. The lowest BCUT2D eigenvalue weighted by atomic mass is 9.93. The number of hydrogen-bond acceptors (Lipinski definition) is 3. The average Bonchev–Trinajstić information content (AvgIpc) is 2.31. The van der Waals surface area contributed by atoms with Crippen molar-refractivity contribution in [2.45, 2.75) is 38.3 Å². The minimum Gasteiger partial charge on any atom is -0.396 e. The fraction of sp³-hybridized carbons (Fsp3) is 0.500. The van der Waals surface area contributed by atoms with E-state index in [-0.39, 0.29) is 28.8 Å². The zero-order valence-electron chi connectivity index (χ0n) is 11.2. The first-order valence-electron chi connectivity index (χ1n) is 6.38. The highest BCUT2D eigenvalue weighted by molar-refractivity contribution is 5.99. The molecule has 1 saturated heterocycles. The van der Waals surface area contributed by atoms with Crippen LogP contribution in [-0.4, -0.2) is 24.2 Å². The van der Waals surface area contributed by atoms with Crippen LogP contribution in [0.5, 0.6) is 0 Å². The third-order valence-corrected chi connectivity index (χ3v) is 3.33. The maximum absolute atomic E-state index is 13.3. The van der Waals surface area contributed by atoms with Gasteiger partial charge < -0.3 is 15.8 Å². The van der Waals surface area contributed by atoms with Gasteiger partial charge in [-0.3, -0.25) is 4.79 Å². The summed E-state index contributed by atoms with van der Waals surface area (Å²) < 4.78 is 18.9.